The molecule has 20 heavy (non-hydrogen) atoms. The molecule has 3 rings (SSSR count). The molecular weight excluding hydrogens is 430 g/mol. The summed E-state index contributed by atoms with van der Waals surface area (Å²) < 4.78 is 0. The monoisotopic (exact) mass is 446 g/mol. The Labute approximate surface area is 131 Å². The molecule has 3 nitrogen and oxygen atoms in total. The summed E-state index contributed by atoms with van der Waals surface area (Å²) in [5.41, 5.74) is 1.03. The molecule has 1 heterocycles. The summed E-state index contributed by atoms with van der Waals surface area (Å²) in [7, 11) is 0. The van der Waals surface area contributed by atoms with E-state index >= 15 is 0 Å². The van der Waals surface area contributed by atoms with Gasteiger partial charge in [-0.15, -0.1) is 35.0 Å². The molecule has 0 atom stereocenters. The summed E-state index contributed by atoms with van der Waals surface area (Å²) in [5, 5.41) is 11.3. The van der Waals surface area contributed by atoms with E-state index in [9.17, 15) is 0 Å². The van der Waals surface area contributed by atoms with Crippen LogP contribution in [0.4, 0.5) is 0 Å². The predicted molar refractivity (Wildman–Crippen MR) is 77.9 cm³/mol. The molecule has 105 valence electrons. The maximum Gasteiger partial charge on any atom is 0.480 e. The standard InChI is InChI=1S/C13H8N.C3H6O2.Ir/c1-2-6-12-10(4-1)7-8-11-5-3-9-14-13(11)12;1-2-3(4)5;/h1-5,7-9H;2H2,1H3,(H,4,5);/q-1;;/p+1. The Bertz CT molecular complexity index is 658. The summed E-state index contributed by atoms with van der Waals surface area (Å²) in [6.45, 7) is 1.66. The SMILES string of the molecule is CCC(O)=[OH+].[Ir].[c-]1cccc2ccc3cccnc3c12. The zero-order chi connectivity index (χ0) is 13.7. The second kappa shape index (κ2) is 7.73. The molecule has 1 aromatic heterocycles. The molecule has 0 unspecified atom stereocenters. The summed E-state index contributed by atoms with van der Waals surface area (Å²) in [4.78, 5) is 12.2. The van der Waals surface area contributed by atoms with Gasteiger partial charge in [0.05, 0.1) is 6.42 Å². The third kappa shape index (κ3) is 3.86. The molecule has 0 aliphatic heterocycles. The Morgan fingerprint density at radius 3 is 2.55 bits per heavy atom. The fourth-order valence-corrected chi connectivity index (χ4v) is 1.73. The number of fused-ring (bicyclic) bond motifs is 3. The molecule has 0 amide bonds. The van der Waals surface area contributed by atoms with Gasteiger partial charge in [-0.3, -0.25) is 0 Å². The Balaban J connectivity index is 0.000000293. The molecule has 3 aromatic rings. The van der Waals surface area contributed by atoms with E-state index in [0.717, 1.165) is 10.9 Å². The Morgan fingerprint density at radius 2 is 1.85 bits per heavy atom. The fourth-order valence-electron chi connectivity index (χ4n) is 1.73. The van der Waals surface area contributed by atoms with E-state index < -0.39 is 5.97 Å². The van der Waals surface area contributed by atoms with Crippen LogP contribution in [0, 0.1) is 6.07 Å². The van der Waals surface area contributed by atoms with Crippen LogP contribution in [0.3, 0.4) is 0 Å². The van der Waals surface area contributed by atoms with Gasteiger partial charge >= 0.3 is 5.97 Å². The minimum absolute atomic E-state index is 0. The number of aromatic nitrogens is 1. The van der Waals surface area contributed by atoms with E-state index in [-0.39, 0.29) is 20.1 Å². The minimum Gasteiger partial charge on any atom is -0.339 e. The second-order valence-corrected chi connectivity index (χ2v) is 4.04. The zero-order valence-electron chi connectivity index (χ0n) is 11.0. The van der Waals surface area contributed by atoms with Crippen LogP contribution >= 0.6 is 0 Å². The number of hydrogen-bond acceptors (Lipinski definition) is 1. The van der Waals surface area contributed by atoms with E-state index in [1.54, 1.807) is 6.92 Å². The molecule has 0 aliphatic carbocycles. The molecule has 2 N–H and O–H groups in total. The van der Waals surface area contributed by atoms with Gasteiger partial charge in [0.25, 0.3) is 0 Å². The van der Waals surface area contributed by atoms with Gasteiger partial charge in [0.2, 0.25) is 0 Å². The number of pyridine rings is 1. The number of carboxylic acid groups (broad SMARTS) is 1. The Hall–Kier alpha value is -1.77. The summed E-state index contributed by atoms with van der Waals surface area (Å²) in [6.07, 6.45) is 2.16. The second-order valence-electron chi connectivity index (χ2n) is 4.04. The average molecular weight is 446 g/mol. The van der Waals surface area contributed by atoms with Crippen LogP contribution in [0.1, 0.15) is 13.3 Å². The first-order valence-electron chi connectivity index (χ1n) is 6.10. The van der Waals surface area contributed by atoms with Gasteiger partial charge in [0.1, 0.15) is 0 Å². The van der Waals surface area contributed by atoms with Crippen molar-refractivity contribution in [1.82, 2.24) is 4.98 Å². The van der Waals surface area contributed by atoms with Crippen molar-refractivity contribution in [3.05, 3.63) is 54.7 Å². The van der Waals surface area contributed by atoms with Crippen LogP contribution in [-0.2, 0) is 20.1 Å². The topological polar surface area (TPSA) is 54.5 Å². The molecule has 0 bridgehead atoms. The normalized spacial score (nSPS) is 9.45. The number of nitrogens with zero attached hydrogens (tertiary/aromatic N) is 1. The third-order valence-electron chi connectivity index (χ3n) is 2.72. The van der Waals surface area contributed by atoms with Crippen molar-refractivity contribution in [2.24, 2.45) is 0 Å². The molecule has 4 heteroatoms. The molecule has 0 fully saturated rings. The fraction of sp³-hybridized carbons (Fsp3) is 0.125. The summed E-state index contributed by atoms with van der Waals surface area (Å²) in [6, 6.07) is 17.5. The predicted octanol–water partition coefficient (Wildman–Crippen LogP) is 3.64. The van der Waals surface area contributed by atoms with E-state index in [0.29, 0.717) is 6.42 Å². The maximum absolute atomic E-state index is 7.83. The maximum atomic E-state index is 7.83. The van der Waals surface area contributed by atoms with Gasteiger partial charge in [-0.2, -0.15) is 0 Å². The van der Waals surface area contributed by atoms with E-state index in [1.165, 1.54) is 10.8 Å². The van der Waals surface area contributed by atoms with Crippen LogP contribution in [0.2, 0.25) is 0 Å². The van der Waals surface area contributed by atoms with Gasteiger partial charge in [0.15, 0.2) is 0 Å². The Kier molecular flexibility index (Phi) is 6.29. The van der Waals surface area contributed by atoms with Crippen molar-refractivity contribution < 1.29 is 30.0 Å². The molecule has 0 saturated carbocycles. The summed E-state index contributed by atoms with van der Waals surface area (Å²) in [5.74, 6) is -0.495. The number of carboxylic acids is 1. The number of benzene rings is 2. The first-order valence-corrected chi connectivity index (χ1v) is 6.10. The van der Waals surface area contributed by atoms with Crippen LogP contribution in [-0.4, -0.2) is 20.9 Å². The van der Waals surface area contributed by atoms with Crippen LogP contribution in [0.5, 0.6) is 0 Å². The van der Waals surface area contributed by atoms with E-state index in [2.05, 4.69) is 35.3 Å². The van der Waals surface area contributed by atoms with Crippen molar-refractivity contribution in [1.29, 1.82) is 0 Å². The minimum atomic E-state index is -0.495. The average Bonchev–Trinajstić information content (AvgIpc) is 2.48. The summed E-state index contributed by atoms with van der Waals surface area (Å²) >= 11 is 0. The number of aliphatic carboxylic acids is 1. The third-order valence-corrected chi connectivity index (χ3v) is 2.72. The molecule has 0 saturated heterocycles. The first-order chi connectivity index (χ1) is 9.22. The quantitative estimate of drug-likeness (QED) is 0.353. The van der Waals surface area contributed by atoms with E-state index in [1.807, 2.05) is 24.4 Å². The molecular formula is C16H15IrNO2. The number of hydrogen-bond donors (Lipinski definition) is 1. The number of rotatable bonds is 1. The molecule has 2 aromatic carbocycles. The van der Waals surface area contributed by atoms with Gasteiger partial charge < -0.3 is 14.9 Å². The van der Waals surface area contributed by atoms with E-state index in [4.69, 9.17) is 9.90 Å². The molecule has 0 aliphatic rings. The van der Waals surface area contributed by atoms with Gasteiger partial charge in [-0.25, -0.2) is 0 Å². The van der Waals surface area contributed by atoms with Gasteiger partial charge in [-0.05, 0) is 23.9 Å². The molecule has 0 spiro atoms. The van der Waals surface area contributed by atoms with Crippen LogP contribution < -0.4 is 0 Å². The molecule has 1 radical (unpaired) electrons. The van der Waals surface area contributed by atoms with Crippen LogP contribution in [0.25, 0.3) is 21.7 Å². The first kappa shape index (κ1) is 16.3. The zero-order valence-corrected chi connectivity index (χ0v) is 13.4. The van der Waals surface area contributed by atoms with Crippen molar-refractivity contribution >= 4 is 27.6 Å². The van der Waals surface area contributed by atoms with Crippen LogP contribution in [0.15, 0.2) is 48.7 Å². The Morgan fingerprint density at radius 1 is 1.20 bits per heavy atom. The largest absolute Gasteiger partial charge is 0.480 e. The van der Waals surface area contributed by atoms with Crippen molar-refractivity contribution in [3.63, 3.8) is 0 Å². The van der Waals surface area contributed by atoms with Crippen molar-refractivity contribution in [3.8, 4) is 0 Å². The smallest absolute Gasteiger partial charge is 0.339 e. The van der Waals surface area contributed by atoms with Gasteiger partial charge in [0, 0.05) is 26.3 Å². The number of aliphatic hydroxyl groups excluding tert-OH is 1. The van der Waals surface area contributed by atoms with Crippen molar-refractivity contribution in [2.45, 2.75) is 13.3 Å². The van der Waals surface area contributed by atoms with Gasteiger partial charge in [-0.1, -0.05) is 18.2 Å². The van der Waals surface area contributed by atoms with Crippen molar-refractivity contribution in [2.75, 3.05) is 0 Å².